The third-order valence-electron chi connectivity index (χ3n) is 7.37. The minimum atomic E-state index is -0.231. The van der Waals surface area contributed by atoms with Gasteiger partial charge in [-0.3, -0.25) is 0 Å². The second kappa shape index (κ2) is 10.2. The number of fused-ring (bicyclic) bond motifs is 1. The van der Waals surface area contributed by atoms with Crippen molar-refractivity contribution >= 4 is 29.1 Å². The van der Waals surface area contributed by atoms with Crippen LogP contribution >= 0.6 is 11.6 Å². The Morgan fingerprint density at radius 1 is 1.05 bits per heavy atom. The summed E-state index contributed by atoms with van der Waals surface area (Å²) in [6.45, 7) is 3.80. The first-order valence-corrected chi connectivity index (χ1v) is 13.1. The number of hydrogen-bond donors (Lipinski definition) is 1. The molecule has 0 radical (unpaired) electrons. The van der Waals surface area contributed by atoms with Gasteiger partial charge in [0.25, 0.3) is 0 Å². The number of likely N-dealkylation sites (N-methyl/N-ethyl adjacent to an activating group) is 1. The van der Waals surface area contributed by atoms with Crippen molar-refractivity contribution in [2.45, 2.75) is 18.8 Å². The number of imidazole rings is 1. The average Bonchev–Trinajstić information content (AvgIpc) is 3.55. The molecule has 1 aliphatic carbocycles. The Morgan fingerprint density at radius 2 is 1.84 bits per heavy atom. The van der Waals surface area contributed by atoms with Crippen LogP contribution in [0, 0.1) is 5.82 Å². The van der Waals surface area contributed by atoms with Gasteiger partial charge in [0, 0.05) is 55.6 Å². The lowest BCUT2D eigenvalue weighted by molar-refractivity contribution is 0.312. The van der Waals surface area contributed by atoms with Gasteiger partial charge in [0.15, 0.2) is 0 Å². The van der Waals surface area contributed by atoms with Crippen molar-refractivity contribution in [1.29, 1.82) is 0 Å². The van der Waals surface area contributed by atoms with Gasteiger partial charge in [-0.1, -0.05) is 23.7 Å². The highest BCUT2D eigenvalue weighted by Crippen LogP contribution is 2.42. The molecule has 2 aromatic carbocycles. The van der Waals surface area contributed by atoms with E-state index in [9.17, 15) is 4.39 Å². The largest absolute Gasteiger partial charge is 0.494 e. The van der Waals surface area contributed by atoms with E-state index < -0.39 is 0 Å². The molecule has 3 heterocycles. The fourth-order valence-corrected chi connectivity index (χ4v) is 5.47. The van der Waals surface area contributed by atoms with Gasteiger partial charge in [-0.15, -0.1) is 0 Å². The topological polar surface area (TPSA) is 71.3 Å². The van der Waals surface area contributed by atoms with Crippen molar-refractivity contribution in [3.05, 3.63) is 82.8 Å². The minimum absolute atomic E-state index is 0.100. The molecule has 1 fully saturated rings. The summed E-state index contributed by atoms with van der Waals surface area (Å²) in [4.78, 5) is 18.8. The molecule has 38 heavy (non-hydrogen) atoms. The monoisotopic (exact) mass is 533 g/mol. The van der Waals surface area contributed by atoms with Gasteiger partial charge in [0.1, 0.15) is 28.9 Å². The maximum atomic E-state index is 13.6. The van der Waals surface area contributed by atoms with E-state index >= 15 is 0 Å². The summed E-state index contributed by atoms with van der Waals surface area (Å²) in [5.41, 5.74) is 4.91. The van der Waals surface area contributed by atoms with Crippen LogP contribution in [0.2, 0.25) is 5.15 Å². The van der Waals surface area contributed by atoms with Crippen molar-refractivity contribution in [3.8, 4) is 11.4 Å². The molecule has 1 saturated heterocycles. The third kappa shape index (κ3) is 4.79. The highest BCUT2D eigenvalue weighted by Gasteiger charge is 2.32. The molecule has 0 amide bonds. The van der Waals surface area contributed by atoms with Crippen LogP contribution in [0.4, 0.5) is 21.8 Å². The smallest absolute Gasteiger partial charge is 0.229 e. The molecule has 1 unspecified atom stereocenters. The zero-order valence-corrected chi connectivity index (χ0v) is 22.1. The number of hydrogen-bond acceptors (Lipinski definition) is 7. The number of rotatable bonds is 6. The van der Waals surface area contributed by atoms with E-state index in [4.69, 9.17) is 26.3 Å². The van der Waals surface area contributed by atoms with Gasteiger partial charge in [-0.25, -0.2) is 14.4 Å². The molecule has 1 aliphatic heterocycles. The summed E-state index contributed by atoms with van der Waals surface area (Å²) in [5, 5.41) is 3.82. The minimum Gasteiger partial charge on any atom is -0.494 e. The summed E-state index contributed by atoms with van der Waals surface area (Å²) in [6.07, 6.45) is 5.20. The standard InChI is InChI=1S/C28H29ClFN7O/c1-35-11-13-36(14-12-35)27-22-9-8-21(18-3-5-19(30)6-4-18)26(22)33-28(34-27)32-20-7-10-23(24(15-20)38-2)37-16-25(29)31-17-37/h3-7,10,15-17,21H,8-9,11-14H2,1-2H3,(H,32,33,34). The summed E-state index contributed by atoms with van der Waals surface area (Å²) in [6, 6.07) is 12.6. The highest BCUT2D eigenvalue weighted by atomic mass is 35.5. The van der Waals surface area contributed by atoms with Crippen LogP contribution in [-0.2, 0) is 6.42 Å². The fraction of sp³-hybridized carbons (Fsp3) is 0.321. The zero-order valence-electron chi connectivity index (χ0n) is 21.4. The molecular weight excluding hydrogens is 505 g/mol. The van der Waals surface area contributed by atoms with E-state index in [2.05, 4.69) is 27.1 Å². The van der Waals surface area contributed by atoms with Crippen LogP contribution in [0.1, 0.15) is 29.2 Å². The van der Waals surface area contributed by atoms with Gasteiger partial charge in [0.2, 0.25) is 5.95 Å². The van der Waals surface area contributed by atoms with Gasteiger partial charge < -0.3 is 24.4 Å². The SMILES string of the molecule is COc1cc(Nc2nc3c(c(N4CCN(C)CC4)n2)CCC3c2ccc(F)cc2)ccc1-n1cnc(Cl)c1. The predicted molar refractivity (Wildman–Crippen MR) is 147 cm³/mol. The number of ether oxygens (including phenoxy) is 1. The van der Waals surface area contributed by atoms with Gasteiger partial charge in [0.05, 0.1) is 18.5 Å². The first-order valence-electron chi connectivity index (χ1n) is 12.7. The van der Waals surface area contributed by atoms with Crippen LogP contribution in [0.3, 0.4) is 0 Å². The molecule has 8 nitrogen and oxygen atoms in total. The number of methoxy groups -OCH3 is 1. The van der Waals surface area contributed by atoms with Gasteiger partial charge >= 0.3 is 0 Å². The number of halogens is 2. The van der Waals surface area contributed by atoms with E-state index in [-0.39, 0.29) is 11.7 Å². The summed E-state index contributed by atoms with van der Waals surface area (Å²) < 4.78 is 21.1. The molecule has 4 aromatic rings. The molecule has 6 rings (SSSR count). The summed E-state index contributed by atoms with van der Waals surface area (Å²) >= 11 is 6.01. The Balaban J connectivity index is 1.37. The Kier molecular flexibility index (Phi) is 6.63. The number of aromatic nitrogens is 4. The summed E-state index contributed by atoms with van der Waals surface area (Å²) in [5.74, 6) is 2.06. The molecule has 2 aliphatic rings. The molecule has 0 saturated carbocycles. The predicted octanol–water partition coefficient (Wildman–Crippen LogP) is 5.04. The van der Waals surface area contributed by atoms with Crippen molar-refractivity contribution in [2.75, 3.05) is 50.6 Å². The second-order valence-electron chi connectivity index (χ2n) is 9.78. The van der Waals surface area contributed by atoms with Crippen molar-refractivity contribution < 1.29 is 9.13 Å². The molecule has 0 bridgehead atoms. The van der Waals surface area contributed by atoms with Crippen LogP contribution < -0.4 is 15.0 Å². The average molecular weight is 534 g/mol. The second-order valence-corrected chi connectivity index (χ2v) is 10.2. The Hall–Kier alpha value is -3.69. The normalized spacial score (nSPS) is 17.5. The lowest BCUT2D eigenvalue weighted by atomic mass is 9.96. The lowest BCUT2D eigenvalue weighted by Gasteiger charge is -2.34. The van der Waals surface area contributed by atoms with E-state index in [0.717, 1.165) is 67.5 Å². The van der Waals surface area contributed by atoms with Gasteiger partial charge in [-0.05, 0) is 49.7 Å². The van der Waals surface area contributed by atoms with E-state index in [1.54, 1.807) is 19.6 Å². The maximum absolute atomic E-state index is 13.6. The lowest BCUT2D eigenvalue weighted by Crippen LogP contribution is -2.45. The van der Waals surface area contributed by atoms with Crippen LogP contribution in [0.5, 0.6) is 5.75 Å². The molecule has 10 heteroatoms. The Bertz CT molecular complexity index is 1450. The number of benzene rings is 2. The first-order chi connectivity index (χ1) is 18.5. The molecule has 1 N–H and O–H groups in total. The molecule has 1 atom stereocenters. The van der Waals surface area contributed by atoms with E-state index in [1.165, 1.54) is 17.7 Å². The Morgan fingerprint density at radius 3 is 2.55 bits per heavy atom. The number of anilines is 3. The van der Waals surface area contributed by atoms with Crippen molar-refractivity contribution in [1.82, 2.24) is 24.4 Å². The number of piperazine rings is 1. The number of nitrogens with zero attached hydrogens (tertiary/aromatic N) is 6. The molecular formula is C28H29ClFN7O. The Labute approximate surface area is 226 Å². The zero-order chi connectivity index (χ0) is 26.2. The van der Waals surface area contributed by atoms with Crippen LogP contribution in [0.15, 0.2) is 55.0 Å². The van der Waals surface area contributed by atoms with Gasteiger partial charge in [-0.2, -0.15) is 4.98 Å². The molecule has 196 valence electrons. The number of nitrogens with one attached hydrogen (secondary N) is 1. The van der Waals surface area contributed by atoms with E-state index in [0.29, 0.717) is 16.9 Å². The maximum Gasteiger partial charge on any atom is 0.229 e. The first kappa shape index (κ1) is 24.6. The quantitative estimate of drug-likeness (QED) is 0.372. The van der Waals surface area contributed by atoms with Crippen molar-refractivity contribution in [3.63, 3.8) is 0 Å². The van der Waals surface area contributed by atoms with Crippen molar-refractivity contribution in [2.24, 2.45) is 0 Å². The molecule has 0 spiro atoms. The summed E-state index contributed by atoms with van der Waals surface area (Å²) in [7, 11) is 3.78. The fourth-order valence-electron chi connectivity index (χ4n) is 5.33. The molecule has 2 aromatic heterocycles. The van der Waals surface area contributed by atoms with Crippen LogP contribution in [-0.4, -0.2) is 64.8 Å². The van der Waals surface area contributed by atoms with Crippen LogP contribution in [0.25, 0.3) is 5.69 Å². The van der Waals surface area contributed by atoms with E-state index in [1.807, 2.05) is 34.9 Å². The highest BCUT2D eigenvalue weighted by molar-refractivity contribution is 6.29. The third-order valence-corrected chi connectivity index (χ3v) is 7.57.